The van der Waals surface area contributed by atoms with Crippen molar-refractivity contribution in [1.29, 1.82) is 0 Å². The number of nitrogens with zero attached hydrogens (tertiary/aromatic N) is 3. The van der Waals surface area contributed by atoms with E-state index >= 15 is 0 Å². The Morgan fingerprint density at radius 1 is 1.33 bits per heavy atom. The van der Waals surface area contributed by atoms with Gasteiger partial charge in [-0.05, 0) is 25.5 Å². The van der Waals surface area contributed by atoms with Gasteiger partial charge < -0.3 is 19.5 Å². The normalized spacial score (nSPS) is 12.7. The zero-order chi connectivity index (χ0) is 15.4. The highest BCUT2D eigenvalue weighted by Gasteiger charge is 2.25. The van der Waals surface area contributed by atoms with E-state index in [1.165, 1.54) is 11.3 Å². The Balaban J connectivity index is 2.34. The van der Waals surface area contributed by atoms with E-state index in [2.05, 4.69) is 10.00 Å². The van der Waals surface area contributed by atoms with Crippen LogP contribution in [0.1, 0.15) is 16.7 Å². The second kappa shape index (κ2) is 6.93. The number of likely N-dealkylation sites (N-methyl/N-ethyl adjacent to an activating group) is 1. The maximum atomic E-state index is 10.7. The number of aliphatic hydroxyl groups excluding tert-OH is 1. The van der Waals surface area contributed by atoms with Crippen LogP contribution in [-0.2, 0) is 6.54 Å². The van der Waals surface area contributed by atoms with Gasteiger partial charge in [-0.3, -0.25) is 4.68 Å². The molecule has 7 heteroatoms. The lowest BCUT2D eigenvalue weighted by molar-refractivity contribution is 0.199. The summed E-state index contributed by atoms with van der Waals surface area (Å²) in [4.78, 5) is 2.82. The van der Waals surface area contributed by atoms with Crippen molar-refractivity contribution < 1.29 is 14.6 Å². The topological polar surface area (TPSA) is 59.8 Å². The molecule has 0 bridgehead atoms. The number of aromatic nitrogens is 2. The van der Waals surface area contributed by atoms with Gasteiger partial charge in [-0.25, -0.2) is 0 Å². The molecule has 0 radical (unpaired) electrons. The fourth-order valence-electron chi connectivity index (χ4n) is 2.09. The second-order valence-corrected chi connectivity index (χ2v) is 5.83. The molecule has 21 heavy (non-hydrogen) atoms. The van der Waals surface area contributed by atoms with Gasteiger partial charge in [0.2, 0.25) is 0 Å². The van der Waals surface area contributed by atoms with Crippen molar-refractivity contribution in [2.75, 3.05) is 34.9 Å². The minimum Gasteiger partial charge on any atom is -0.495 e. The summed E-state index contributed by atoms with van der Waals surface area (Å²) in [5, 5.41) is 16.9. The average molecular weight is 311 g/mol. The van der Waals surface area contributed by atoms with Gasteiger partial charge in [0.15, 0.2) is 5.75 Å². The number of hydrogen-bond donors (Lipinski definition) is 1. The summed E-state index contributed by atoms with van der Waals surface area (Å²) in [6.45, 7) is 1.50. The van der Waals surface area contributed by atoms with Crippen molar-refractivity contribution in [3.05, 3.63) is 28.2 Å². The first-order chi connectivity index (χ1) is 10.1. The third kappa shape index (κ3) is 3.37. The van der Waals surface area contributed by atoms with E-state index in [0.29, 0.717) is 23.7 Å². The molecule has 1 N–H and O–H groups in total. The van der Waals surface area contributed by atoms with Gasteiger partial charge in [-0.1, -0.05) is 0 Å². The highest BCUT2D eigenvalue weighted by atomic mass is 32.1. The Labute approximate surface area is 128 Å². The molecule has 0 aliphatic heterocycles. The lowest BCUT2D eigenvalue weighted by atomic mass is 10.2. The third-order valence-electron chi connectivity index (χ3n) is 3.21. The Morgan fingerprint density at radius 3 is 2.67 bits per heavy atom. The van der Waals surface area contributed by atoms with E-state index in [4.69, 9.17) is 9.47 Å². The molecule has 1 unspecified atom stereocenters. The highest BCUT2D eigenvalue weighted by Crippen LogP contribution is 2.37. The summed E-state index contributed by atoms with van der Waals surface area (Å²) in [5.41, 5.74) is 0.653. The van der Waals surface area contributed by atoms with E-state index in [9.17, 15) is 5.11 Å². The zero-order valence-electron chi connectivity index (χ0n) is 12.7. The van der Waals surface area contributed by atoms with Crippen LogP contribution in [0.15, 0.2) is 17.6 Å². The standard InChI is InChI=1S/C14H21N3O3S/c1-16(2)6-7-17-12(11(20-4)9-15-17)13(18)14-10(19-3)5-8-21-14/h5,8-9,13,18H,6-7H2,1-4H3. The molecular formula is C14H21N3O3S. The van der Waals surface area contributed by atoms with Crippen LogP contribution in [0, 0.1) is 0 Å². The first-order valence-electron chi connectivity index (χ1n) is 6.62. The largest absolute Gasteiger partial charge is 0.495 e. The van der Waals surface area contributed by atoms with Crippen molar-refractivity contribution in [2.24, 2.45) is 0 Å². The molecule has 0 aliphatic rings. The number of methoxy groups -OCH3 is 2. The first-order valence-corrected chi connectivity index (χ1v) is 7.50. The molecule has 0 aliphatic carbocycles. The second-order valence-electron chi connectivity index (χ2n) is 4.88. The van der Waals surface area contributed by atoms with Gasteiger partial charge in [0.1, 0.15) is 17.5 Å². The van der Waals surface area contributed by atoms with Crippen molar-refractivity contribution in [3.63, 3.8) is 0 Å². The van der Waals surface area contributed by atoms with Crippen molar-refractivity contribution >= 4 is 11.3 Å². The van der Waals surface area contributed by atoms with Crippen LogP contribution in [0.25, 0.3) is 0 Å². The molecule has 6 nitrogen and oxygen atoms in total. The van der Waals surface area contributed by atoms with Crippen LogP contribution in [-0.4, -0.2) is 54.6 Å². The fraction of sp³-hybridized carbons (Fsp3) is 0.500. The minimum absolute atomic E-state index is 0.580. The van der Waals surface area contributed by atoms with Crippen LogP contribution in [0.4, 0.5) is 0 Å². The Morgan fingerprint density at radius 2 is 2.05 bits per heavy atom. The molecular weight excluding hydrogens is 290 g/mol. The Hall–Kier alpha value is -1.57. The summed E-state index contributed by atoms with van der Waals surface area (Å²) in [7, 11) is 7.17. The molecule has 0 saturated heterocycles. The summed E-state index contributed by atoms with van der Waals surface area (Å²) in [5.74, 6) is 1.26. The van der Waals surface area contributed by atoms with Crippen molar-refractivity contribution in [1.82, 2.24) is 14.7 Å². The van der Waals surface area contributed by atoms with Crippen LogP contribution in [0.2, 0.25) is 0 Å². The summed E-state index contributed by atoms with van der Waals surface area (Å²) in [6, 6.07) is 1.84. The van der Waals surface area contributed by atoms with Crippen LogP contribution >= 0.6 is 11.3 Å². The maximum absolute atomic E-state index is 10.7. The van der Waals surface area contributed by atoms with Crippen molar-refractivity contribution in [2.45, 2.75) is 12.6 Å². The molecule has 116 valence electrons. The van der Waals surface area contributed by atoms with Crippen LogP contribution in [0.5, 0.6) is 11.5 Å². The first kappa shape index (κ1) is 15.8. The van der Waals surface area contributed by atoms with Gasteiger partial charge >= 0.3 is 0 Å². The molecule has 0 saturated carbocycles. The Bertz CT molecular complexity index is 580. The maximum Gasteiger partial charge on any atom is 0.163 e. The van der Waals surface area contributed by atoms with E-state index in [0.717, 1.165) is 11.4 Å². The SMILES string of the molecule is COc1ccsc1C(O)c1c(OC)cnn1CCN(C)C. The minimum atomic E-state index is -0.820. The highest BCUT2D eigenvalue weighted by molar-refractivity contribution is 7.10. The molecule has 2 rings (SSSR count). The van der Waals surface area contributed by atoms with E-state index in [1.54, 1.807) is 25.1 Å². The molecule has 0 spiro atoms. The van der Waals surface area contributed by atoms with Gasteiger partial charge in [0, 0.05) is 6.54 Å². The fourth-order valence-corrected chi connectivity index (χ4v) is 2.93. The van der Waals surface area contributed by atoms with E-state index in [-0.39, 0.29) is 0 Å². The third-order valence-corrected chi connectivity index (χ3v) is 4.16. The predicted molar refractivity (Wildman–Crippen MR) is 82.3 cm³/mol. The number of ether oxygens (including phenoxy) is 2. The predicted octanol–water partition coefficient (Wildman–Crippen LogP) is 1.61. The number of aliphatic hydroxyl groups is 1. The van der Waals surface area contributed by atoms with Crippen LogP contribution in [0.3, 0.4) is 0 Å². The quantitative estimate of drug-likeness (QED) is 0.842. The molecule has 2 aromatic heterocycles. The molecule has 0 amide bonds. The summed E-state index contributed by atoms with van der Waals surface area (Å²) >= 11 is 1.45. The monoisotopic (exact) mass is 311 g/mol. The number of rotatable bonds is 7. The number of thiophene rings is 1. The molecule has 0 aromatic carbocycles. The smallest absolute Gasteiger partial charge is 0.163 e. The molecule has 2 heterocycles. The van der Waals surface area contributed by atoms with Gasteiger partial charge in [0.05, 0.1) is 31.8 Å². The summed E-state index contributed by atoms with van der Waals surface area (Å²) in [6.07, 6.45) is 0.813. The molecule has 1 atom stereocenters. The lowest BCUT2D eigenvalue weighted by Crippen LogP contribution is -2.21. The average Bonchev–Trinajstić information content (AvgIpc) is 3.10. The summed E-state index contributed by atoms with van der Waals surface area (Å²) < 4.78 is 12.4. The van der Waals surface area contributed by atoms with Gasteiger partial charge in [0.25, 0.3) is 0 Å². The lowest BCUT2D eigenvalue weighted by Gasteiger charge is -2.16. The Kier molecular flexibility index (Phi) is 5.22. The van der Waals surface area contributed by atoms with Crippen molar-refractivity contribution in [3.8, 4) is 11.5 Å². The van der Waals surface area contributed by atoms with Gasteiger partial charge in [-0.15, -0.1) is 11.3 Å². The van der Waals surface area contributed by atoms with Crippen LogP contribution < -0.4 is 9.47 Å². The molecule has 0 fully saturated rings. The number of hydrogen-bond acceptors (Lipinski definition) is 6. The zero-order valence-corrected chi connectivity index (χ0v) is 13.6. The molecule has 2 aromatic rings. The van der Waals surface area contributed by atoms with Gasteiger partial charge in [-0.2, -0.15) is 5.10 Å². The van der Waals surface area contributed by atoms with E-state index < -0.39 is 6.10 Å². The van der Waals surface area contributed by atoms with E-state index in [1.807, 2.05) is 25.5 Å².